The predicted molar refractivity (Wildman–Crippen MR) is 107 cm³/mol. The molecule has 0 radical (unpaired) electrons. The zero-order chi connectivity index (χ0) is 20.3. The Balaban J connectivity index is 1.28. The lowest BCUT2D eigenvalue weighted by Gasteiger charge is -2.55. The molecule has 0 saturated carbocycles. The summed E-state index contributed by atoms with van der Waals surface area (Å²) in [6.07, 6.45) is 5.15. The molecule has 0 aliphatic carbocycles. The summed E-state index contributed by atoms with van der Waals surface area (Å²) in [5, 5.41) is 0. The van der Waals surface area contributed by atoms with Crippen LogP contribution in [-0.2, 0) is 11.3 Å². The summed E-state index contributed by atoms with van der Waals surface area (Å²) in [7, 11) is 0. The molecule has 2 saturated heterocycles. The molecule has 1 spiro atoms. The van der Waals surface area contributed by atoms with Gasteiger partial charge in [0.15, 0.2) is 11.6 Å². The first kappa shape index (κ1) is 17.6. The molecule has 30 heavy (non-hydrogen) atoms. The van der Waals surface area contributed by atoms with Crippen molar-refractivity contribution in [3.05, 3.63) is 53.9 Å². The Bertz CT molecular complexity index is 1110. The molecule has 3 aliphatic rings. The summed E-state index contributed by atoms with van der Waals surface area (Å²) >= 11 is 0. The molecule has 152 valence electrons. The molecule has 0 amide bonds. The first-order valence-electron chi connectivity index (χ1n) is 10.0. The van der Waals surface area contributed by atoms with E-state index in [1.165, 1.54) is 12.1 Å². The number of aromatic nitrogens is 5. The number of hydrogen-bond donors (Lipinski definition) is 0. The average Bonchev–Trinajstić information content (AvgIpc) is 3.02. The lowest BCUT2D eigenvalue weighted by atomic mass is 9.78. The van der Waals surface area contributed by atoms with Crippen LogP contribution in [0.2, 0.25) is 0 Å². The quantitative estimate of drug-likeness (QED) is 0.657. The second kappa shape index (κ2) is 6.40. The number of anilines is 2. The minimum Gasteiger partial charge on any atom is -0.380 e. The van der Waals surface area contributed by atoms with Gasteiger partial charge in [0.25, 0.3) is 0 Å². The molecule has 2 fully saturated rings. The molecule has 1 unspecified atom stereocenters. The Hall–Kier alpha value is -3.20. The molecule has 0 aromatic carbocycles. The highest BCUT2D eigenvalue weighted by Crippen LogP contribution is 2.41. The number of rotatable bonds is 3. The van der Waals surface area contributed by atoms with E-state index in [-0.39, 0.29) is 17.3 Å². The Kier molecular flexibility index (Phi) is 3.76. The van der Waals surface area contributed by atoms with Gasteiger partial charge in [-0.05, 0) is 13.0 Å². The topological polar surface area (TPSA) is 80.2 Å². The van der Waals surface area contributed by atoms with Crippen molar-refractivity contribution in [1.29, 1.82) is 0 Å². The molecule has 6 heterocycles. The van der Waals surface area contributed by atoms with Gasteiger partial charge in [-0.15, -0.1) is 0 Å². The highest BCUT2D eigenvalue weighted by molar-refractivity contribution is 5.55. The SMILES string of the molecule is CC1c2cnc(-c3ncccn3)nc2CN1c1cc(F)cc(N2CC3(COC3)C2)n1. The lowest BCUT2D eigenvalue weighted by molar-refractivity contribution is -0.127. The number of halogens is 1. The number of nitrogens with zero attached hydrogens (tertiary/aromatic N) is 7. The van der Waals surface area contributed by atoms with Gasteiger partial charge in [-0.2, -0.15) is 0 Å². The van der Waals surface area contributed by atoms with Crippen LogP contribution in [0, 0.1) is 11.2 Å². The molecule has 8 nitrogen and oxygen atoms in total. The minimum absolute atomic E-state index is 0.00402. The van der Waals surface area contributed by atoms with Crippen molar-refractivity contribution < 1.29 is 9.13 Å². The molecule has 3 aromatic rings. The van der Waals surface area contributed by atoms with E-state index in [1.54, 1.807) is 18.5 Å². The lowest BCUT2D eigenvalue weighted by Crippen LogP contribution is -2.66. The maximum Gasteiger partial charge on any atom is 0.198 e. The van der Waals surface area contributed by atoms with Crippen molar-refractivity contribution in [2.75, 3.05) is 36.1 Å². The van der Waals surface area contributed by atoms with Crippen LogP contribution in [0.25, 0.3) is 11.6 Å². The van der Waals surface area contributed by atoms with Crippen LogP contribution in [0.4, 0.5) is 16.0 Å². The van der Waals surface area contributed by atoms with Crippen LogP contribution in [0.15, 0.2) is 36.8 Å². The van der Waals surface area contributed by atoms with Crippen molar-refractivity contribution in [1.82, 2.24) is 24.9 Å². The zero-order valence-electron chi connectivity index (χ0n) is 16.5. The van der Waals surface area contributed by atoms with Gasteiger partial charge in [0, 0.05) is 49.4 Å². The van der Waals surface area contributed by atoms with E-state index in [9.17, 15) is 4.39 Å². The second-order valence-electron chi connectivity index (χ2n) is 8.32. The van der Waals surface area contributed by atoms with E-state index in [0.717, 1.165) is 37.6 Å². The highest BCUT2D eigenvalue weighted by Gasteiger charge is 2.49. The number of fused-ring (bicyclic) bond motifs is 1. The molecule has 3 aliphatic heterocycles. The average molecular weight is 405 g/mol. The van der Waals surface area contributed by atoms with Gasteiger partial charge >= 0.3 is 0 Å². The third kappa shape index (κ3) is 2.72. The van der Waals surface area contributed by atoms with Gasteiger partial charge in [0.05, 0.1) is 36.9 Å². The number of ether oxygens (including phenoxy) is 1. The van der Waals surface area contributed by atoms with E-state index < -0.39 is 0 Å². The second-order valence-corrected chi connectivity index (χ2v) is 8.32. The van der Waals surface area contributed by atoms with Crippen molar-refractivity contribution >= 4 is 11.6 Å². The van der Waals surface area contributed by atoms with E-state index in [1.807, 2.05) is 6.20 Å². The Morgan fingerprint density at radius 3 is 2.53 bits per heavy atom. The summed E-state index contributed by atoms with van der Waals surface area (Å²) < 4.78 is 19.8. The molecule has 3 aromatic heterocycles. The highest BCUT2D eigenvalue weighted by atomic mass is 19.1. The fourth-order valence-electron chi connectivity index (χ4n) is 4.45. The third-order valence-corrected chi connectivity index (χ3v) is 6.15. The molecule has 0 N–H and O–H groups in total. The van der Waals surface area contributed by atoms with Gasteiger partial charge in [0.2, 0.25) is 0 Å². The molecule has 1 atom stereocenters. The molecule has 9 heteroatoms. The van der Waals surface area contributed by atoms with Crippen molar-refractivity contribution in [2.45, 2.75) is 19.5 Å². The summed E-state index contributed by atoms with van der Waals surface area (Å²) in [6, 6.07) is 4.75. The van der Waals surface area contributed by atoms with Gasteiger partial charge in [-0.3, -0.25) is 0 Å². The first-order chi connectivity index (χ1) is 14.6. The van der Waals surface area contributed by atoms with E-state index >= 15 is 0 Å². The van der Waals surface area contributed by atoms with Gasteiger partial charge in [-0.25, -0.2) is 29.3 Å². The Morgan fingerprint density at radius 1 is 1.03 bits per heavy atom. The predicted octanol–water partition coefficient (Wildman–Crippen LogP) is 2.39. The summed E-state index contributed by atoms with van der Waals surface area (Å²) in [5.41, 5.74) is 2.15. The number of pyridine rings is 1. The first-order valence-corrected chi connectivity index (χ1v) is 10.0. The Morgan fingerprint density at radius 2 is 1.80 bits per heavy atom. The maximum atomic E-state index is 14.5. The van der Waals surface area contributed by atoms with Crippen LogP contribution in [0.1, 0.15) is 24.2 Å². The maximum absolute atomic E-state index is 14.5. The van der Waals surface area contributed by atoms with Crippen LogP contribution in [-0.4, -0.2) is 51.2 Å². The van der Waals surface area contributed by atoms with Crippen LogP contribution in [0.5, 0.6) is 0 Å². The standard InChI is InChI=1S/C21H20FN7O/c1-13-15-7-25-20(19-23-3-2-4-24-19)26-16(15)8-29(13)18-6-14(22)5-17(27-18)28-9-21(10-28)11-30-12-21/h2-7,13H,8-12H2,1H3. The smallest absolute Gasteiger partial charge is 0.198 e. The molecule has 0 bridgehead atoms. The van der Waals surface area contributed by atoms with Crippen LogP contribution in [0.3, 0.4) is 0 Å². The largest absolute Gasteiger partial charge is 0.380 e. The third-order valence-electron chi connectivity index (χ3n) is 6.15. The summed E-state index contributed by atoms with van der Waals surface area (Å²) in [5.74, 6) is 1.98. The van der Waals surface area contributed by atoms with Gasteiger partial charge in [-0.1, -0.05) is 0 Å². The summed E-state index contributed by atoms with van der Waals surface area (Å²) in [6.45, 7) is 5.90. The van der Waals surface area contributed by atoms with Crippen molar-refractivity contribution in [3.63, 3.8) is 0 Å². The van der Waals surface area contributed by atoms with Crippen molar-refractivity contribution in [2.24, 2.45) is 5.41 Å². The van der Waals surface area contributed by atoms with E-state index in [4.69, 9.17) is 9.72 Å². The molecular formula is C21H20FN7O. The summed E-state index contributed by atoms with van der Waals surface area (Å²) in [4.78, 5) is 26.5. The monoisotopic (exact) mass is 405 g/mol. The van der Waals surface area contributed by atoms with E-state index in [0.29, 0.717) is 29.8 Å². The Labute approximate surface area is 172 Å². The van der Waals surface area contributed by atoms with Crippen molar-refractivity contribution in [3.8, 4) is 11.6 Å². The number of hydrogen-bond acceptors (Lipinski definition) is 8. The van der Waals surface area contributed by atoms with Gasteiger partial charge < -0.3 is 14.5 Å². The minimum atomic E-state index is -0.284. The van der Waals surface area contributed by atoms with E-state index in [2.05, 4.69) is 36.7 Å². The van der Waals surface area contributed by atoms with Crippen LogP contribution < -0.4 is 9.80 Å². The van der Waals surface area contributed by atoms with Crippen LogP contribution >= 0.6 is 0 Å². The molecular weight excluding hydrogens is 385 g/mol. The van der Waals surface area contributed by atoms with Gasteiger partial charge in [0.1, 0.15) is 17.5 Å². The fourth-order valence-corrected chi connectivity index (χ4v) is 4.45. The zero-order valence-corrected chi connectivity index (χ0v) is 16.5. The normalized spacial score (nSPS) is 21.3. The molecule has 6 rings (SSSR count). The fraction of sp³-hybridized carbons (Fsp3) is 0.381.